The number of rotatable bonds is 8. The lowest BCUT2D eigenvalue weighted by atomic mass is 10.2. The van der Waals surface area contributed by atoms with Gasteiger partial charge in [0.15, 0.2) is 16.6 Å². The van der Waals surface area contributed by atoms with Crippen LogP contribution < -0.4 is 5.32 Å². The molecule has 0 bridgehead atoms. The Morgan fingerprint density at radius 2 is 2.17 bits per heavy atom. The molecular formula is C15H20N4O4S. The maximum absolute atomic E-state index is 11.9. The molecule has 0 spiro atoms. The molecule has 2 rings (SSSR count). The summed E-state index contributed by atoms with van der Waals surface area (Å²) in [4.78, 5) is 31.7. The molecule has 0 aromatic carbocycles. The standard InChI is InChI=1S/C15H20N4O4S/c1-4-22-14(21)10-8-24-15(16-10)17-11(20)6-5-7-12-18-13(9(2)3)19-23-12/h8-9H,4-7H2,1-3H3,(H,16,17,20). The number of nitrogens with zero attached hydrogens (tertiary/aromatic N) is 3. The van der Waals surface area contributed by atoms with Crippen molar-refractivity contribution in [1.29, 1.82) is 0 Å². The van der Waals surface area contributed by atoms with Gasteiger partial charge in [-0.15, -0.1) is 11.3 Å². The summed E-state index contributed by atoms with van der Waals surface area (Å²) in [6.07, 6.45) is 1.43. The van der Waals surface area contributed by atoms with Gasteiger partial charge in [-0.1, -0.05) is 19.0 Å². The molecule has 1 N–H and O–H groups in total. The molecule has 0 aliphatic rings. The zero-order valence-electron chi connectivity index (χ0n) is 13.9. The van der Waals surface area contributed by atoms with Crippen LogP contribution in [0.25, 0.3) is 0 Å². The van der Waals surface area contributed by atoms with E-state index < -0.39 is 5.97 Å². The highest BCUT2D eigenvalue weighted by Gasteiger charge is 2.14. The third-order valence-corrected chi connectivity index (χ3v) is 3.79. The van der Waals surface area contributed by atoms with E-state index in [1.54, 1.807) is 12.3 Å². The molecule has 0 saturated heterocycles. The van der Waals surface area contributed by atoms with Crippen LogP contribution >= 0.6 is 11.3 Å². The Kier molecular flexibility index (Phi) is 6.42. The molecule has 0 fully saturated rings. The van der Waals surface area contributed by atoms with Crippen LogP contribution in [0.15, 0.2) is 9.90 Å². The first kappa shape index (κ1) is 18.1. The zero-order valence-corrected chi connectivity index (χ0v) is 14.7. The predicted octanol–water partition coefficient (Wildman–Crippen LogP) is 2.79. The normalized spacial score (nSPS) is 10.8. The minimum absolute atomic E-state index is 0.177. The topological polar surface area (TPSA) is 107 Å². The van der Waals surface area contributed by atoms with Gasteiger partial charge in [-0.3, -0.25) is 4.79 Å². The van der Waals surface area contributed by atoms with Gasteiger partial charge in [-0.25, -0.2) is 9.78 Å². The van der Waals surface area contributed by atoms with E-state index in [-0.39, 0.29) is 24.1 Å². The quantitative estimate of drug-likeness (QED) is 0.728. The minimum atomic E-state index is -0.494. The second kappa shape index (κ2) is 8.53. The maximum atomic E-state index is 11.9. The number of carbonyl (C=O) groups excluding carboxylic acids is 2. The minimum Gasteiger partial charge on any atom is -0.461 e. The van der Waals surface area contributed by atoms with E-state index in [2.05, 4.69) is 20.4 Å². The van der Waals surface area contributed by atoms with Crippen molar-refractivity contribution in [3.05, 3.63) is 22.8 Å². The number of thiazole rings is 1. The van der Waals surface area contributed by atoms with Crippen LogP contribution in [0.4, 0.5) is 5.13 Å². The van der Waals surface area contributed by atoms with Crippen molar-refractivity contribution in [2.24, 2.45) is 0 Å². The van der Waals surface area contributed by atoms with Crippen LogP contribution in [0.2, 0.25) is 0 Å². The van der Waals surface area contributed by atoms with Crippen molar-refractivity contribution in [2.75, 3.05) is 11.9 Å². The van der Waals surface area contributed by atoms with E-state index >= 15 is 0 Å². The molecule has 24 heavy (non-hydrogen) atoms. The van der Waals surface area contributed by atoms with E-state index in [1.165, 1.54) is 11.3 Å². The molecule has 2 aromatic rings. The van der Waals surface area contributed by atoms with Crippen molar-refractivity contribution >= 4 is 28.3 Å². The fourth-order valence-corrected chi connectivity index (χ4v) is 2.51. The molecule has 2 aromatic heterocycles. The second-order valence-electron chi connectivity index (χ2n) is 5.36. The van der Waals surface area contributed by atoms with Gasteiger partial charge in [0.1, 0.15) is 0 Å². The molecule has 0 atom stereocenters. The zero-order chi connectivity index (χ0) is 17.5. The smallest absolute Gasteiger partial charge is 0.357 e. The summed E-state index contributed by atoms with van der Waals surface area (Å²) in [5.74, 6) is 0.744. The molecule has 2 heterocycles. The number of amides is 1. The second-order valence-corrected chi connectivity index (χ2v) is 6.22. The Morgan fingerprint density at radius 1 is 1.38 bits per heavy atom. The third-order valence-electron chi connectivity index (χ3n) is 3.03. The molecular weight excluding hydrogens is 332 g/mol. The van der Waals surface area contributed by atoms with Crippen molar-refractivity contribution in [3.63, 3.8) is 0 Å². The summed E-state index contributed by atoms with van der Waals surface area (Å²) in [5, 5.41) is 8.47. The lowest BCUT2D eigenvalue weighted by Crippen LogP contribution is -2.12. The van der Waals surface area contributed by atoms with Crippen LogP contribution in [-0.4, -0.2) is 33.6 Å². The van der Waals surface area contributed by atoms with Gasteiger partial charge < -0.3 is 14.6 Å². The molecule has 130 valence electrons. The van der Waals surface area contributed by atoms with E-state index in [0.717, 1.165) is 0 Å². The van der Waals surface area contributed by atoms with Gasteiger partial charge >= 0.3 is 5.97 Å². The largest absolute Gasteiger partial charge is 0.461 e. The number of carbonyl (C=O) groups is 2. The first-order valence-electron chi connectivity index (χ1n) is 7.74. The lowest BCUT2D eigenvalue weighted by molar-refractivity contribution is -0.116. The average Bonchev–Trinajstić information content (AvgIpc) is 3.17. The molecule has 0 radical (unpaired) electrons. The summed E-state index contributed by atoms with van der Waals surface area (Å²) in [5.41, 5.74) is 0.198. The molecule has 0 aliphatic heterocycles. The van der Waals surface area contributed by atoms with E-state index in [4.69, 9.17) is 9.26 Å². The summed E-state index contributed by atoms with van der Waals surface area (Å²) in [6, 6.07) is 0. The average molecular weight is 352 g/mol. The molecule has 8 nitrogen and oxygen atoms in total. The molecule has 0 saturated carbocycles. The summed E-state index contributed by atoms with van der Waals surface area (Å²) in [7, 11) is 0. The van der Waals surface area contributed by atoms with Gasteiger partial charge in [0.2, 0.25) is 11.8 Å². The monoisotopic (exact) mass is 352 g/mol. The molecule has 1 amide bonds. The van der Waals surface area contributed by atoms with Crippen LogP contribution in [-0.2, 0) is 16.0 Å². The number of ether oxygens (including phenoxy) is 1. The lowest BCUT2D eigenvalue weighted by Gasteiger charge is -2.00. The Balaban J connectivity index is 1.76. The number of esters is 1. The summed E-state index contributed by atoms with van der Waals surface area (Å²) >= 11 is 1.18. The predicted molar refractivity (Wildman–Crippen MR) is 88.0 cm³/mol. The number of anilines is 1. The summed E-state index contributed by atoms with van der Waals surface area (Å²) in [6.45, 7) is 5.98. The highest BCUT2D eigenvalue weighted by molar-refractivity contribution is 7.14. The van der Waals surface area contributed by atoms with Gasteiger partial charge in [0, 0.05) is 24.1 Å². The van der Waals surface area contributed by atoms with Gasteiger partial charge in [0.25, 0.3) is 0 Å². The number of hydrogen-bond donors (Lipinski definition) is 1. The Hall–Kier alpha value is -2.29. The van der Waals surface area contributed by atoms with Gasteiger partial charge in [-0.05, 0) is 13.3 Å². The van der Waals surface area contributed by atoms with E-state index in [0.29, 0.717) is 36.1 Å². The van der Waals surface area contributed by atoms with Crippen LogP contribution in [0.1, 0.15) is 61.7 Å². The van der Waals surface area contributed by atoms with Crippen molar-refractivity contribution in [1.82, 2.24) is 15.1 Å². The number of aromatic nitrogens is 3. The van der Waals surface area contributed by atoms with Crippen LogP contribution in [0.5, 0.6) is 0 Å². The van der Waals surface area contributed by atoms with Crippen LogP contribution in [0, 0.1) is 0 Å². The Bertz CT molecular complexity index is 695. The first-order chi connectivity index (χ1) is 11.5. The number of aryl methyl sites for hydroxylation is 1. The van der Waals surface area contributed by atoms with Crippen LogP contribution in [0.3, 0.4) is 0 Å². The van der Waals surface area contributed by atoms with Gasteiger partial charge in [0.05, 0.1) is 6.61 Å². The fraction of sp³-hybridized carbons (Fsp3) is 0.533. The SMILES string of the molecule is CCOC(=O)c1csc(NC(=O)CCCc2nc(C(C)C)no2)n1. The third kappa shape index (κ3) is 5.12. The molecule has 0 unspecified atom stereocenters. The Morgan fingerprint density at radius 3 is 2.83 bits per heavy atom. The van der Waals surface area contributed by atoms with Gasteiger partial charge in [-0.2, -0.15) is 4.98 Å². The number of hydrogen-bond acceptors (Lipinski definition) is 8. The van der Waals surface area contributed by atoms with E-state index in [1.807, 2.05) is 13.8 Å². The first-order valence-corrected chi connectivity index (χ1v) is 8.62. The maximum Gasteiger partial charge on any atom is 0.357 e. The number of nitrogens with one attached hydrogen (secondary N) is 1. The summed E-state index contributed by atoms with van der Waals surface area (Å²) < 4.78 is 9.97. The Labute approximate surface area is 143 Å². The van der Waals surface area contributed by atoms with Crippen molar-refractivity contribution < 1.29 is 18.8 Å². The fourth-order valence-electron chi connectivity index (χ4n) is 1.82. The van der Waals surface area contributed by atoms with E-state index in [9.17, 15) is 9.59 Å². The molecule has 0 aliphatic carbocycles. The highest BCUT2D eigenvalue weighted by atomic mass is 32.1. The van der Waals surface area contributed by atoms with Crippen molar-refractivity contribution in [3.8, 4) is 0 Å². The molecule has 9 heteroatoms. The highest BCUT2D eigenvalue weighted by Crippen LogP contribution is 2.17. The van der Waals surface area contributed by atoms with Crippen molar-refractivity contribution in [2.45, 2.75) is 46.0 Å².